The fraction of sp³-hybridized carbons (Fsp3) is 0.0811. The molecule has 2 nitrogen and oxygen atoms in total. The van der Waals surface area contributed by atoms with Crippen LogP contribution in [0.15, 0.2) is 146 Å². The number of hydrogen-bond donors (Lipinski definition) is 0. The molecule has 0 amide bonds. The second-order valence-electron chi connectivity index (χ2n) is 10.6. The van der Waals surface area contributed by atoms with E-state index in [9.17, 15) is 0 Å². The molecular weight excluding hydrogens is 472 g/mol. The summed E-state index contributed by atoms with van der Waals surface area (Å²) in [6.07, 6.45) is 10.2. The van der Waals surface area contributed by atoms with Crippen LogP contribution in [0.5, 0.6) is 0 Å². The van der Waals surface area contributed by atoms with Crippen molar-refractivity contribution in [2.75, 3.05) is 0 Å². The lowest BCUT2D eigenvalue weighted by Gasteiger charge is -2.28. The van der Waals surface area contributed by atoms with E-state index in [1.54, 1.807) is 0 Å². The summed E-state index contributed by atoms with van der Waals surface area (Å²) < 4.78 is 5.00. The van der Waals surface area contributed by atoms with Crippen molar-refractivity contribution in [1.29, 1.82) is 0 Å². The number of nitrogens with zero attached hydrogens (tertiary/aromatic N) is 2. The molecule has 0 aliphatic heterocycles. The molecule has 0 bridgehead atoms. The molecule has 2 heteroatoms. The molecule has 8 rings (SSSR count). The maximum atomic E-state index is 2.58. The number of aromatic nitrogens is 2. The van der Waals surface area contributed by atoms with E-state index in [2.05, 4.69) is 155 Å². The summed E-state index contributed by atoms with van der Waals surface area (Å²) in [5, 5.41) is 5.19. The van der Waals surface area contributed by atoms with Crippen molar-refractivity contribution in [2.45, 2.75) is 12.5 Å². The zero-order valence-electron chi connectivity index (χ0n) is 21.6. The Kier molecular flexibility index (Phi) is 5.06. The van der Waals surface area contributed by atoms with Gasteiger partial charge in [0, 0.05) is 38.7 Å². The first-order valence-electron chi connectivity index (χ1n) is 13.8. The second kappa shape index (κ2) is 8.89. The number of hydrogen-bond acceptors (Lipinski definition) is 0. The van der Waals surface area contributed by atoms with Crippen LogP contribution in [0.25, 0.3) is 49.3 Å². The van der Waals surface area contributed by atoms with Gasteiger partial charge < -0.3 is 9.13 Å². The Morgan fingerprint density at radius 1 is 0.487 bits per heavy atom. The third kappa shape index (κ3) is 3.49. The number of allylic oxidation sites excluding steroid dienone is 4. The smallest absolute Gasteiger partial charge is 0.0591 e. The van der Waals surface area contributed by atoms with Crippen LogP contribution in [0.2, 0.25) is 0 Å². The minimum atomic E-state index is 0.228. The van der Waals surface area contributed by atoms with Crippen LogP contribution in [-0.4, -0.2) is 9.13 Å². The van der Waals surface area contributed by atoms with Gasteiger partial charge in [-0.15, -0.1) is 0 Å². The van der Waals surface area contributed by atoms with Crippen molar-refractivity contribution >= 4 is 43.6 Å². The van der Waals surface area contributed by atoms with E-state index in [1.165, 1.54) is 54.9 Å². The van der Waals surface area contributed by atoms with Crippen molar-refractivity contribution < 1.29 is 0 Å². The van der Waals surface area contributed by atoms with E-state index in [0.717, 1.165) is 6.42 Å². The van der Waals surface area contributed by atoms with Gasteiger partial charge in [-0.2, -0.15) is 0 Å². The summed E-state index contributed by atoms with van der Waals surface area (Å²) in [5.41, 5.74) is 7.61. The fourth-order valence-corrected chi connectivity index (χ4v) is 6.64. The van der Waals surface area contributed by atoms with Crippen molar-refractivity contribution in [1.82, 2.24) is 9.13 Å². The van der Waals surface area contributed by atoms with E-state index in [4.69, 9.17) is 0 Å². The van der Waals surface area contributed by atoms with Crippen molar-refractivity contribution in [3.8, 4) is 5.69 Å². The predicted molar refractivity (Wildman–Crippen MR) is 165 cm³/mol. The Morgan fingerprint density at radius 3 is 1.77 bits per heavy atom. The predicted octanol–water partition coefficient (Wildman–Crippen LogP) is 9.42. The summed E-state index contributed by atoms with van der Waals surface area (Å²) >= 11 is 0. The van der Waals surface area contributed by atoms with Crippen LogP contribution in [-0.2, 0) is 6.42 Å². The van der Waals surface area contributed by atoms with Gasteiger partial charge >= 0.3 is 0 Å². The Hall–Kier alpha value is -4.82. The van der Waals surface area contributed by atoms with E-state index in [1.807, 2.05) is 0 Å². The zero-order chi connectivity index (χ0) is 25.8. The van der Waals surface area contributed by atoms with Crippen molar-refractivity contribution in [3.05, 3.63) is 151 Å². The quantitative estimate of drug-likeness (QED) is 0.228. The molecule has 0 fully saturated rings. The molecule has 0 N–H and O–H groups in total. The van der Waals surface area contributed by atoms with Crippen LogP contribution in [0.3, 0.4) is 0 Å². The highest BCUT2D eigenvalue weighted by Gasteiger charge is 2.25. The normalized spacial score (nSPS) is 17.1. The van der Waals surface area contributed by atoms with Gasteiger partial charge in [0.1, 0.15) is 0 Å². The van der Waals surface area contributed by atoms with Gasteiger partial charge in [0.15, 0.2) is 0 Å². The molecule has 2 unspecified atom stereocenters. The molecule has 7 aromatic rings. The van der Waals surface area contributed by atoms with Gasteiger partial charge in [-0.05, 0) is 42.3 Å². The second-order valence-corrected chi connectivity index (χ2v) is 10.6. The average Bonchev–Trinajstić information content (AvgIpc) is 3.51. The van der Waals surface area contributed by atoms with Gasteiger partial charge in [-0.1, -0.05) is 115 Å². The summed E-state index contributed by atoms with van der Waals surface area (Å²) in [7, 11) is 0. The Balaban J connectivity index is 1.37. The molecule has 0 saturated heterocycles. The van der Waals surface area contributed by atoms with Crippen LogP contribution < -0.4 is 0 Å². The van der Waals surface area contributed by atoms with Gasteiger partial charge in [-0.25, -0.2) is 0 Å². The highest BCUT2D eigenvalue weighted by atomic mass is 15.0. The van der Waals surface area contributed by atoms with E-state index in [0.29, 0.717) is 5.92 Å². The van der Waals surface area contributed by atoms with Gasteiger partial charge in [0.25, 0.3) is 0 Å². The number of benzene rings is 5. The third-order valence-corrected chi connectivity index (χ3v) is 8.36. The summed E-state index contributed by atoms with van der Waals surface area (Å²) in [6.45, 7) is 0. The van der Waals surface area contributed by atoms with Crippen LogP contribution in [0.1, 0.15) is 11.6 Å². The molecule has 2 heterocycles. The van der Waals surface area contributed by atoms with Gasteiger partial charge in [-0.3, -0.25) is 0 Å². The molecule has 1 aliphatic carbocycles. The maximum Gasteiger partial charge on any atom is 0.0591 e. The lowest BCUT2D eigenvalue weighted by Crippen LogP contribution is -2.19. The van der Waals surface area contributed by atoms with Crippen molar-refractivity contribution in [3.63, 3.8) is 0 Å². The maximum absolute atomic E-state index is 2.58. The SMILES string of the molecule is C1=CC(Cc2ccccc2)C(n2c3ccccc3c3ccc(-n4c5ccccc5c5ccccc54)cc32)C=C1. The molecule has 2 aromatic heterocycles. The topological polar surface area (TPSA) is 9.86 Å². The van der Waals surface area contributed by atoms with Gasteiger partial charge in [0.2, 0.25) is 0 Å². The first kappa shape index (κ1) is 22.2. The minimum absolute atomic E-state index is 0.228. The monoisotopic (exact) mass is 500 g/mol. The molecule has 0 saturated carbocycles. The lowest BCUT2D eigenvalue weighted by atomic mass is 9.88. The van der Waals surface area contributed by atoms with E-state index < -0.39 is 0 Å². The minimum Gasteiger partial charge on any atom is -0.333 e. The standard InChI is InChI=1S/C37H28N2/c1-2-12-26(13-3-1)24-27-14-4-8-18-33(27)39-36-21-11-7-17-31(36)32-23-22-28(25-37(32)39)38-34-19-9-5-15-29(34)30-16-6-10-20-35(30)38/h1-23,25,27,33H,24H2. The average molecular weight is 501 g/mol. The largest absolute Gasteiger partial charge is 0.333 e. The molecule has 186 valence electrons. The van der Waals surface area contributed by atoms with Crippen molar-refractivity contribution in [2.24, 2.45) is 5.92 Å². The summed E-state index contributed by atoms with van der Waals surface area (Å²) in [4.78, 5) is 0. The van der Waals surface area contributed by atoms with Gasteiger partial charge in [0.05, 0.1) is 22.6 Å². The fourth-order valence-electron chi connectivity index (χ4n) is 6.64. The van der Waals surface area contributed by atoms with Crippen LogP contribution in [0.4, 0.5) is 0 Å². The Bertz CT molecular complexity index is 2000. The van der Waals surface area contributed by atoms with E-state index in [-0.39, 0.29) is 6.04 Å². The zero-order valence-corrected chi connectivity index (χ0v) is 21.6. The van der Waals surface area contributed by atoms with Crippen LogP contribution >= 0.6 is 0 Å². The molecule has 1 aliphatic rings. The Morgan fingerprint density at radius 2 is 1.05 bits per heavy atom. The molecule has 39 heavy (non-hydrogen) atoms. The van der Waals surface area contributed by atoms with Crippen LogP contribution in [0, 0.1) is 5.92 Å². The summed E-state index contributed by atoms with van der Waals surface area (Å²) in [5.74, 6) is 0.369. The summed E-state index contributed by atoms with van der Waals surface area (Å²) in [6, 6.07) is 44.5. The molecular formula is C37H28N2. The first-order valence-corrected chi connectivity index (χ1v) is 13.8. The number of fused-ring (bicyclic) bond motifs is 6. The molecule has 2 atom stereocenters. The highest BCUT2D eigenvalue weighted by molar-refractivity contribution is 6.11. The highest BCUT2D eigenvalue weighted by Crippen LogP contribution is 2.39. The first-order chi connectivity index (χ1) is 19.4. The number of para-hydroxylation sites is 3. The third-order valence-electron chi connectivity index (χ3n) is 8.36. The number of rotatable bonds is 4. The molecule has 0 spiro atoms. The molecule has 0 radical (unpaired) electrons. The molecule has 5 aromatic carbocycles. The lowest BCUT2D eigenvalue weighted by molar-refractivity contribution is 0.472. The van der Waals surface area contributed by atoms with E-state index >= 15 is 0 Å². The Labute approximate surface area is 227 Å².